The van der Waals surface area contributed by atoms with Crippen LogP contribution in [0.25, 0.3) is 0 Å². The zero-order valence-electron chi connectivity index (χ0n) is 8.33. The van der Waals surface area contributed by atoms with Crippen molar-refractivity contribution in [3.05, 3.63) is 0 Å². The van der Waals surface area contributed by atoms with Crippen molar-refractivity contribution >= 4 is 5.91 Å². The summed E-state index contributed by atoms with van der Waals surface area (Å²) in [5.41, 5.74) is 0. The lowest BCUT2D eigenvalue weighted by Gasteiger charge is -2.23. The van der Waals surface area contributed by atoms with E-state index in [9.17, 15) is 4.79 Å². The Kier molecular flexibility index (Phi) is 4.22. The van der Waals surface area contributed by atoms with Crippen molar-refractivity contribution in [2.45, 2.75) is 45.1 Å². The van der Waals surface area contributed by atoms with Crippen LogP contribution in [-0.4, -0.2) is 35.1 Å². The molecule has 76 valence electrons. The molecular formula is C10H19NO2. The minimum atomic E-state index is 0.0916. The van der Waals surface area contributed by atoms with Crippen LogP contribution >= 0.6 is 0 Å². The third kappa shape index (κ3) is 2.69. The third-order valence-corrected chi connectivity index (χ3v) is 2.68. The van der Waals surface area contributed by atoms with E-state index in [2.05, 4.69) is 6.92 Å². The molecule has 0 bridgehead atoms. The van der Waals surface area contributed by atoms with Gasteiger partial charge in [0.25, 0.3) is 0 Å². The zero-order valence-corrected chi connectivity index (χ0v) is 8.33. The summed E-state index contributed by atoms with van der Waals surface area (Å²) in [6.45, 7) is 2.77. The van der Waals surface area contributed by atoms with Crippen LogP contribution in [0.4, 0.5) is 0 Å². The van der Waals surface area contributed by atoms with E-state index in [-0.39, 0.29) is 12.5 Å². The average molecular weight is 185 g/mol. The van der Waals surface area contributed by atoms with Gasteiger partial charge < -0.3 is 10.0 Å². The van der Waals surface area contributed by atoms with Gasteiger partial charge in [0.05, 0.1) is 6.61 Å². The summed E-state index contributed by atoms with van der Waals surface area (Å²) in [5.74, 6) is 0.218. The van der Waals surface area contributed by atoms with Gasteiger partial charge in [-0.15, -0.1) is 0 Å². The number of β-amino-alcohol motifs (C(OH)–C–C–N with tert-alkyl or cyclic N) is 1. The summed E-state index contributed by atoms with van der Waals surface area (Å²) in [5, 5.41) is 8.79. The van der Waals surface area contributed by atoms with Crippen molar-refractivity contribution in [3.63, 3.8) is 0 Å². The molecular weight excluding hydrogens is 166 g/mol. The topological polar surface area (TPSA) is 40.5 Å². The smallest absolute Gasteiger partial charge is 0.222 e. The molecule has 1 aliphatic rings. The van der Waals surface area contributed by atoms with E-state index in [0.717, 1.165) is 12.8 Å². The molecule has 1 fully saturated rings. The number of hydrogen-bond donors (Lipinski definition) is 1. The molecule has 0 aliphatic carbocycles. The largest absolute Gasteiger partial charge is 0.395 e. The highest BCUT2D eigenvalue weighted by Crippen LogP contribution is 2.22. The second kappa shape index (κ2) is 5.22. The van der Waals surface area contributed by atoms with Crippen molar-refractivity contribution in [3.8, 4) is 0 Å². The van der Waals surface area contributed by atoms with Crippen LogP contribution in [0.2, 0.25) is 0 Å². The highest BCUT2D eigenvalue weighted by atomic mass is 16.3. The van der Waals surface area contributed by atoms with E-state index in [1.165, 1.54) is 12.8 Å². The molecule has 0 aromatic heterocycles. The van der Waals surface area contributed by atoms with Crippen molar-refractivity contribution in [1.82, 2.24) is 4.90 Å². The number of nitrogens with zero attached hydrogens (tertiary/aromatic N) is 1. The van der Waals surface area contributed by atoms with Gasteiger partial charge in [0.1, 0.15) is 0 Å². The van der Waals surface area contributed by atoms with E-state index in [1.54, 1.807) is 0 Å². The number of hydrogen-bond acceptors (Lipinski definition) is 2. The van der Waals surface area contributed by atoms with E-state index in [1.807, 2.05) is 4.90 Å². The summed E-state index contributed by atoms with van der Waals surface area (Å²) < 4.78 is 0. The van der Waals surface area contributed by atoms with Gasteiger partial charge in [-0.25, -0.2) is 0 Å². The van der Waals surface area contributed by atoms with E-state index in [4.69, 9.17) is 5.11 Å². The number of carbonyl (C=O) groups excluding carboxylic acids is 1. The van der Waals surface area contributed by atoms with Gasteiger partial charge in [0, 0.05) is 19.0 Å². The summed E-state index contributed by atoms with van der Waals surface area (Å²) >= 11 is 0. The van der Waals surface area contributed by atoms with Crippen molar-refractivity contribution in [2.24, 2.45) is 0 Å². The lowest BCUT2D eigenvalue weighted by Crippen LogP contribution is -2.35. The SMILES string of the molecule is CCCCC1CCC(=O)N1CCO. The van der Waals surface area contributed by atoms with Gasteiger partial charge in [0.15, 0.2) is 0 Å². The normalized spacial score (nSPS) is 22.8. The van der Waals surface area contributed by atoms with Crippen LogP contribution in [0.5, 0.6) is 0 Å². The van der Waals surface area contributed by atoms with Crippen LogP contribution < -0.4 is 0 Å². The standard InChI is InChI=1S/C10H19NO2/c1-2-3-4-9-5-6-10(13)11(9)7-8-12/h9,12H,2-8H2,1H3. The van der Waals surface area contributed by atoms with Crippen LogP contribution in [-0.2, 0) is 4.79 Å². The molecule has 3 nitrogen and oxygen atoms in total. The van der Waals surface area contributed by atoms with Gasteiger partial charge in [0.2, 0.25) is 5.91 Å². The number of amides is 1. The fourth-order valence-electron chi connectivity index (χ4n) is 1.95. The van der Waals surface area contributed by atoms with Gasteiger partial charge in [-0.2, -0.15) is 0 Å². The van der Waals surface area contributed by atoms with Crippen molar-refractivity contribution < 1.29 is 9.90 Å². The first-order valence-electron chi connectivity index (χ1n) is 5.20. The molecule has 1 unspecified atom stereocenters. The van der Waals surface area contributed by atoms with E-state index < -0.39 is 0 Å². The van der Waals surface area contributed by atoms with Crippen LogP contribution in [0.3, 0.4) is 0 Å². The summed E-state index contributed by atoms with van der Waals surface area (Å²) in [6.07, 6.45) is 5.12. The first-order chi connectivity index (χ1) is 6.29. The molecule has 1 atom stereocenters. The minimum absolute atomic E-state index is 0.0916. The molecule has 1 N–H and O–H groups in total. The maximum Gasteiger partial charge on any atom is 0.222 e. The lowest BCUT2D eigenvalue weighted by molar-refractivity contribution is -0.129. The number of aliphatic hydroxyl groups is 1. The molecule has 0 aromatic rings. The Labute approximate surface area is 79.7 Å². The molecule has 1 saturated heterocycles. The number of rotatable bonds is 5. The first-order valence-corrected chi connectivity index (χ1v) is 5.20. The highest BCUT2D eigenvalue weighted by molar-refractivity contribution is 5.78. The minimum Gasteiger partial charge on any atom is -0.395 e. The molecule has 3 heteroatoms. The second-order valence-electron chi connectivity index (χ2n) is 3.65. The van der Waals surface area contributed by atoms with Gasteiger partial charge in [-0.1, -0.05) is 19.8 Å². The molecule has 1 aliphatic heterocycles. The van der Waals surface area contributed by atoms with Gasteiger partial charge >= 0.3 is 0 Å². The third-order valence-electron chi connectivity index (χ3n) is 2.68. The first kappa shape index (κ1) is 10.5. The van der Waals surface area contributed by atoms with Crippen LogP contribution in [0.15, 0.2) is 0 Å². The zero-order chi connectivity index (χ0) is 9.68. The Morgan fingerprint density at radius 1 is 1.62 bits per heavy atom. The summed E-state index contributed by atoms with van der Waals surface area (Å²) in [7, 11) is 0. The Bertz CT molecular complexity index is 170. The molecule has 1 heterocycles. The highest BCUT2D eigenvalue weighted by Gasteiger charge is 2.29. The Morgan fingerprint density at radius 2 is 2.38 bits per heavy atom. The maximum absolute atomic E-state index is 11.4. The summed E-state index contributed by atoms with van der Waals surface area (Å²) in [4.78, 5) is 13.2. The molecule has 0 saturated carbocycles. The fourth-order valence-corrected chi connectivity index (χ4v) is 1.95. The number of likely N-dealkylation sites (tertiary alicyclic amines) is 1. The van der Waals surface area contributed by atoms with Gasteiger partial charge in [-0.05, 0) is 12.8 Å². The lowest BCUT2D eigenvalue weighted by atomic mass is 10.1. The predicted octanol–water partition coefficient (Wildman–Crippen LogP) is 1.16. The molecule has 0 aromatic carbocycles. The maximum atomic E-state index is 11.4. The number of aliphatic hydroxyl groups excluding tert-OH is 1. The van der Waals surface area contributed by atoms with Crippen molar-refractivity contribution in [1.29, 1.82) is 0 Å². The molecule has 0 radical (unpaired) electrons. The average Bonchev–Trinajstić information content (AvgIpc) is 2.46. The fraction of sp³-hybridized carbons (Fsp3) is 0.900. The predicted molar refractivity (Wildman–Crippen MR) is 51.3 cm³/mol. The van der Waals surface area contributed by atoms with E-state index in [0.29, 0.717) is 19.0 Å². The Balaban J connectivity index is 2.39. The number of unbranched alkanes of at least 4 members (excludes halogenated alkanes) is 1. The van der Waals surface area contributed by atoms with Gasteiger partial charge in [-0.3, -0.25) is 4.79 Å². The van der Waals surface area contributed by atoms with Crippen LogP contribution in [0, 0.1) is 0 Å². The van der Waals surface area contributed by atoms with Crippen molar-refractivity contribution in [2.75, 3.05) is 13.2 Å². The molecule has 1 rings (SSSR count). The quantitative estimate of drug-likeness (QED) is 0.698. The molecule has 0 spiro atoms. The van der Waals surface area contributed by atoms with Crippen LogP contribution in [0.1, 0.15) is 39.0 Å². The summed E-state index contributed by atoms with van der Waals surface area (Å²) in [6, 6.07) is 0.402. The Hall–Kier alpha value is -0.570. The molecule has 1 amide bonds. The second-order valence-corrected chi connectivity index (χ2v) is 3.65. The number of carbonyl (C=O) groups is 1. The Morgan fingerprint density at radius 3 is 3.00 bits per heavy atom. The molecule has 13 heavy (non-hydrogen) atoms. The van der Waals surface area contributed by atoms with E-state index >= 15 is 0 Å². The monoisotopic (exact) mass is 185 g/mol.